The Morgan fingerprint density at radius 1 is 1.26 bits per heavy atom. The maximum atomic E-state index is 14.5. The molecule has 9 heteroatoms. The normalized spacial score (nSPS) is 10.8. The number of aromatic nitrogens is 3. The number of thiophene rings is 1. The highest BCUT2D eigenvalue weighted by atomic mass is 32.1. The first-order valence-corrected chi connectivity index (χ1v) is 10.6. The molecule has 3 aromatic heterocycles. The van der Waals surface area contributed by atoms with E-state index in [1.165, 1.54) is 19.5 Å². The molecule has 31 heavy (non-hydrogen) atoms. The molecule has 4 rings (SSSR count). The van der Waals surface area contributed by atoms with Crippen LogP contribution in [0.2, 0.25) is 0 Å². The number of nitrogens with zero attached hydrogens (tertiary/aromatic N) is 4. The summed E-state index contributed by atoms with van der Waals surface area (Å²) in [5.41, 5.74) is 1.50. The van der Waals surface area contributed by atoms with Crippen LogP contribution in [0.1, 0.15) is 12.6 Å². The number of rotatable bonds is 8. The lowest BCUT2D eigenvalue weighted by Crippen LogP contribution is -2.13. The Bertz CT molecular complexity index is 1260. The van der Waals surface area contributed by atoms with Crippen LogP contribution in [-0.4, -0.2) is 34.8 Å². The molecule has 0 saturated carbocycles. The molecule has 0 amide bonds. The Labute approximate surface area is 182 Å². The molecule has 7 nitrogen and oxygen atoms in total. The Morgan fingerprint density at radius 3 is 2.90 bits per heavy atom. The van der Waals surface area contributed by atoms with Crippen LogP contribution in [0.3, 0.4) is 0 Å². The summed E-state index contributed by atoms with van der Waals surface area (Å²) >= 11 is 1.55. The number of anilines is 1. The van der Waals surface area contributed by atoms with Gasteiger partial charge < -0.3 is 19.4 Å². The highest BCUT2D eigenvalue weighted by Gasteiger charge is 2.16. The van der Waals surface area contributed by atoms with Gasteiger partial charge in [-0.15, -0.1) is 11.3 Å². The molecule has 3 heterocycles. The maximum Gasteiger partial charge on any atom is 0.147 e. The zero-order valence-electron chi connectivity index (χ0n) is 17.1. The van der Waals surface area contributed by atoms with Crippen LogP contribution < -0.4 is 14.8 Å². The summed E-state index contributed by atoms with van der Waals surface area (Å²) in [5, 5.41) is 15.3. The highest BCUT2D eigenvalue weighted by molar-refractivity contribution is 7.13. The lowest BCUT2D eigenvalue weighted by Gasteiger charge is -2.11. The quantitative estimate of drug-likeness (QED) is 0.430. The molecule has 1 aromatic carbocycles. The van der Waals surface area contributed by atoms with E-state index < -0.39 is 5.82 Å². The van der Waals surface area contributed by atoms with Crippen molar-refractivity contribution in [3.63, 3.8) is 0 Å². The summed E-state index contributed by atoms with van der Waals surface area (Å²) in [4.78, 5) is 9.57. The number of methoxy groups -OCH3 is 1. The highest BCUT2D eigenvalue weighted by Crippen LogP contribution is 2.32. The van der Waals surface area contributed by atoms with E-state index in [1.54, 1.807) is 28.0 Å². The maximum absolute atomic E-state index is 14.5. The third kappa shape index (κ3) is 4.15. The van der Waals surface area contributed by atoms with Gasteiger partial charge in [0.05, 0.1) is 29.8 Å². The van der Waals surface area contributed by atoms with Gasteiger partial charge in [-0.1, -0.05) is 0 Å². The lowest BCUT2D eigenvalue weighted by atomic mass is 10.2. The van der Waals surface area contributed by atoms with Crippen molar-refractivity contribution >= 4 is 28.1 Å². The van der Waals surface area contributed by atoms with Gasteiger partial charge in [-0.05, 0) is 25.1 Å². The number of fused-ring (bicyclic) bond motifs is 1. The number of hydrogen-bond acceptors (Lipinski definition) is 7. The van der Waals surface area contributed by atoms with Crippen molar-refractivity contribution in [3.05, 3.63) is 53.6 Å². The molecule has 0 fully saturated rings. The van der Waals surface area contributed by atoms with Crippen LogP contribution in [-0.2, 0) is 6.54 Å². The van der Waals surface area contributed by atoms with Gasteiger partial charge in [-0.25, -0.2) is 14.4 Å². The molecular formula is C22H20FN5O2S. The first-order valence-electron chi connectivity index (χ1n) is 9.68. The minimum atomic E-state index is -0.399. The number of ether oxygens (including phenoxy) is 2. The van der Waals surface area contributed by atoms with E-state index in [0.29, 0.717) is 47.9 Å². The number of nitriles is 1. The molecule has 0 spiro atoms. The van der Waals surface area contributed by atoms with Crippen molar-refractivity contribution in [2.75, 3.05) is 25.6 Å². The molecule has 0 aliphatic rings. The zero-order chi connectivity index (χ0) is 21.8. The average Bonchev–Trinajstić information content (AvgIpc) is 3.40. The van der Waals surface area contributed by atoms with Gasteiger partial charge in [-0.2, -0.15) is 5.26 Å². The van der Waals surface area contributed by atoms with Gasteiger partial charge in [0.15, 0.2) is 0 Å². The lowest BCUT2D eigenvalue weighted by molar-refractivity contribution is 0.342. The van der Waals surface area contributed by atoms with Gasteiger partial charge in [0.25, 0.3) is 0 Å². The topological polar surface area (TPSA) is 85.0 Å². The summed E-state index contributed by atoms with van der Waals surface area (Å²) in [6.07, 6.45) is 1.49. The fourth-order valence-electron chi connectivity index (χ4n) is 3.39. The number of halogens is 1. The second-order valence-electron chi connectivity index (χ2n) is 6.60. The van der Waals surface area contributed by atoms with Gasteiger partial charge in [-0.3, -0.25) is 0 Å². The minimum Gasteiger partial charge on any atom is -0.496 e. The van der Waals surface area contributed by atoms with Crippen LogP contribution in [0.15, 0.2) is 42.0 Å². The summed E-state index contributed by atoms with van der Waals surface area (Å²) < 4.78 is 27.0. The van der Waals surface area contributed by atoms with E-state index >= 15 is 0 Å². The van der Waals surface area contributed by atoms with Crippen LogP contribution in [0.5, 0.6) is 11.5 Å². The SMILES string of the molecule is CCOc1csc(-c2cc(NCCn3c(C#N)cc4c(OC)ccc(F)c43)ncn2)c1. The van der Waals surface area contributed by atoms with Gasteiger partial charge in [0.1, 0.15) is 41.2 Å². The molecule has 0 unspecified atom stereocenters. The van der Waals surface area contributed by atoms with Crippen LogP contribution in [0.4, 0.5) is 10.2 Å². The summed E-state index contributed by atoms with van der Waals surface area (Å²) in [5.74, 6) is 1.59. The number of benzene rings is 1. The zero-order valence-corrected chi connectivity index (χ0v) is 17.9. The van der Waals surface area contributed by atoms with Crippen LogP contribution >= 0.6 is 11.3 Å². The molecule has 0 aliphatic heterocycles. The molecule has 0 bridgehead atoms. The fourth-order valence-corrected chi connectivity index (χ4v) is 4.19. The Kier molecular flexibility index (Phi) is 6.00. The van der Waals surface area contributed by atoms with Crippen molar-refractivity contribution in [1.82, 2.24) is 14.5 Å². The van der Waals surface area contributed by atoms with E-state index in [0.717, 1.165) is 16.3 Å². The van der Waals surface area contributed by atoms with Gasteiger partial charge in [0.2, 0.25) is 0 Å². The van der Waals surface area contributed by atoms with E-state index in [2.05, 4.69) is 21.4 Å². The van der Waals surface area contributed by atoms with Crippen molar-refractivity contribution in [2.24, 2.45) is 0 Å². The standard InChI is InChI=1S/C22H20FN5O2S/c1-3-30-15-9-20(31-12-15)18-10-21(27-13-26-18)25-6-7-28-14(11-24)8-16-19(29-2)5-4-17(23)22(16)28/h4-5,8-10,12-13H,3,6-7H2,1-2H3,(H,25,26,27). The number of hydrogen-bond donors (Lipinski definition) is 1. The van der Waals surface area contributed by atoms with Crippen LogP contribution in [0.25, 0.3) is 21.5 Å². The summed E-state index contributed by atoms with van der Waals surface area (Å²) in [6.45, 7) is 3.37. The predicted octanol–water partition coefficient (Wildman–Crippen LogP) is 4.69. The summed E-state index contributed by atoms with van der Waals surface area (Å²) in [6, 6.07) is 10.5. The first-order chi connectivity index (χ1) is 15.1. The Balaban J connectivity index is 1.52. The molecule has 0 atom stereocenters. The van der Waals surface area contributed by atoms with E-state index in [1.807, 2.05) is 24.4 Å². The monoisotopic (exact) mass is 437 g/mol. The van der Waals surface area contributed by atoms with Gasteiger partial charge in [0, 0.05) is 36.0 Å². The predicted molar refractivity (Wildman–Crippen MR) is 118 cm³/mol. The average molecular weight is 438 g/mol. The van der Waals surface area contributed by atoms with Crippen molar-refractivity contribution < 1.29 is 13.9 Å². The third-order valence-electron chi connectivity index (χ3n) is 4.75. The first kappa shape index (κ1) is 20.6. The molecule has 1 N–H and O–H groups in total. The molecule has 158 valence electrons. The van der Waals surface area contributed by atoms with E-state index in [-0.39, 0.29) is 0 Å². The Hall–Kier alpha value is -3.64. The molecule has 4 aromatic rings. The van der Waals surface area contributed by atoms with Crippen molar-refractivity contribution in [1.29, 1.82) is 5.26 Å². The molecule has 0 saturated heterocycles. The van der Waals surface area contributed by atoms with Crippen LogP contribution in [0, 0.1) is 17.1 Å². The second-order valence-corrected chi connectivity index (χ2v) is 7.51. The van der Waals surface area contributed by atoms with Crippen molar-refractivity contribution in [2.45, 2.75) is 13.5 Å². The molecular weight excluding hydrogens is 417 g/mol. The van der Waals surface area contributed by atoms with Gasteiger partial charge >= 0.3 is 0 Å². The molecule has 0 aliphatic carbocycles. The Morgan fingerprint density at radius 2 is 2.13 bits per heavy atom. The second kappa shape index (κ2) is 9.02. The van der Waals surface area contributed by atoms with Crippen molar-refractivity contribution in [3.8, 4) is 28.1 Å². The smallest absolute Gasteiger partial charge is 0.147 e. The van der Waals surface area contributed by atoms with E-state index in [9.17, 15) is 9.65 Å². The third-order valence-corrected chi connectivity index (χ3v) is 5.68. The number of nitrogens with one attached hydrogen (secondary N) is 1. The summed E-state index contributed by atoms with van der Waals surface area (Å²) in [7, 11) is 1.52. The minimum absolute atomic E-state index is 0.350. The largest absolute Gasteiger partial charge is 0.496 e. The molecule has 0 radical (unpaired) electrons. The van der Waals surface area contributed by atoms with E-state index in [4.69, 9.17) is 9.47 Å². The fraction of sp³-hybridized carbons (Fsp3) is 0.227.